The van der Waals surface area contributed by atoms with Crippen LogP contribution >= 0.6 is 0 Å². The average molecular weight is 209 g/mol. The molecule has 15 heavy (non-hydrogen) atoms. The van der Waals surface area contributed by atoms with Gasteiger partial charge in [-0.15, -0.1) is 0 Å². The predicted molar refractivity (Wildman–Crippen MR) is 62.5 cm³/mol. The number of ketones is 1. The molecule has 0 aromatic rings. The third-order valence-corrected chi connectivity index (χ3v) is 2.40. The van der Waals surface area contributed by atoms with Gasteiger partial charge >= 0.3 is 0 Å². The summed E-state index contributed by atoms with van der Waals surface area (Å²) in [5, 5.41) is 0. The monoisotopic (exact) mass is 209 g/mol. The quantitative estimate of drug-likeness (QED) is 0.659. The minimum atomic E-state index is 0.119. The Morgan fingerprint density at radius 1 is 1.60 bits per heavy atom. The minimum absolute atomic E-state index is 0.119. The normalized spacial score (nSPS) is 17.3. The zero-order valence-electron chi connectivity index (χ0n) is 9.95. The second-order valence-corrected chi connectivity index (χ2v) is 4.03. The molecule has 0 amide bonds. The van der Waals surface area contributed by atoms with E-state index in [9.17, 15) is 4.79 Å². The van der Waals surface area contributed by atoms with Crippen LogP contribution in [-0.2, 0) is 4.79 Å². The molecule has 1 rings (SSSR count). The highest BCUT2D eigenvalue weighted by Gasteiger charge is 2.18. The molecule has 0 unspecified atom stereocenters. The third-order valence-electron chi connectivity index (χ3n) is 2.40. The van der Waals surface area contributed by atoms with Crippen LogP contribution in [0.25, 0.3) is 0 Å². The van der Waals surface area contributed by atoms with Crippen LogP contribution in [0.15, 0.2) is 9.98 Å². The molecule has 84 valence electrons. The van der Waals surface area contributed by atoms with Crippen LogP contribution in [0.3, 0.4) is 0 Å². The van der Waals surface area contributed by atoms with Crippen LogP contribution in [0.2, 0.25) is 0 Å². The Hall–Kier alpha value is -1.19. The zero-order chi connectivity index (χ0) is 11.4. The summed E-state index contributed by atoms with van der Waals surface area (Å²) in [6, 6.07) is 0. The van der Waals surface area contributed by atoms with Gasteiger partial charge in [0, 0.05) is 20.0 Å². The smallest absolute Gasteiger partial charge is 0.220 e. The summed E-state index contributed by atoms with van der Waals surface area (Å²) in [7, 11) is 1.95. The fraction of sp³-hybridized carbons (Fsp3) is 0.727. The molecule has 0 radical (unpaired) electrons. The molecule has 0 fully saturated rings. The fourth-order valence-electron chi connectivity index (χ4n) is 1.44. The number of nitrogens with zero attached hydrogens (tertiary/aromatic N) is 3. The van der Waals surface area contributed by atoms with Crippen molar-refractivity contribution in [2.24, 2.45) is 15.9 Å². The zero-order valence-corrected chi connectivity index (χ0v) is 9.95. The Morgan fingerprint density at radius 2 is 2.27 bits per heavy atom. The van der Waals surface area contributed by atoms with Crippen molar-refractivity contribution in [3.05, 3.63) is 0 Å². The average Bonchev–Trinajstić information content (AvgIpc) is 2.59. The van der Waals surface area contributed by atoms with Crippen molar-refractivity contribution >= 4 is 17.5 Å². The topological polar surface area (TPSA) is 45.0 Å². The van der Waals surface area contributed by atoms with Gasteiger partial charge in [0.25, 0.3) is 0 Å². The van der Waals surface area contributed by atoms with E-state index in [1.807, 2.05) is 32.7 Å². The molecule has 0 aromatic heterocycles. The van der Waals surface area contributed by atoms with Crippen molar-refractivity contribution in [2.75, 3.05) is 20.1 Å². The Balaban J connectivity index is 2.88. The molecular formula is C11H19N3O. The molecule has 1 heterocycles. The Bertz CT molecular complexity index is 305. The number of rotatable bonds is 3. The molecule has 0 aromatic carbocycles. The number of Topliss-reactive ketones (excluding diaryl/α,β-unsaturated/α-hetero) is 1. The summed E-state index contributed by atoms with van der Waals surface area (Å²) >= 11 is 0. The van der Waals surface area contributed by atoms with E-state index in [-0.39, 0.29) is 11.7 Å². The third kappa shape index (κ3) is 2.88. The minimum Gasteiger partial charge on any atom is -0.342 e. The molecular weight excluding hydrogens is 190 g/mol. The van der Waals surface area contributed by atoms with Crippen LogP contribution in [0, 0.1) is 5.92 Å². The second-order valence-electron chi connectivity index (χ2n) is 4.03. The molecule has 4 heteroatoms. The van der Waals surface area contributed by atoms with Crippen LogP contribution in [0.1, 0.15) is 27.2 Å². The summed E-state index contributed by atoms with van der Waals surface area (Å²) in [4.78, 5) is 22.2. The van der Waals surface area contributed by atoms with E-state index < -0.39 is 0 Å². The number of aliphatic imine (C=N–C) groups is 2. The van der Waals surface area contributed by atoms with Gasteiger partial charge in [-0.05, 0) is 5.92 Å². The number of likely N-dealkylation sites (N-methyl/N-ethyl adjacent to an activating group) is 1. The number of hydrogen-bond acceptors (Lipinski definition) is 4. The van der Waals surface area contributed by atoms with Crippen molar-refractivity contribution in [2.45, 2.75) is 27.2 Å². The number of carbonyl (C=O) groups is 1. The molecule has 0 saturated heterocycles. The lowest BCUT2D eigenvalue weighted by molar-refractivity contribution is -0.112. The molecule has 4 nitrogen and oxygen atoms in total. The van der Waals surface area contributed by atoms with Gasteiger partial charge in [-0.25, -0.2) is 9.98 Å². The van der Waals surface area contributed by atoms with Crippen molar-refractivity contribution in [1.82, 2.24) is 4.90 Å². The van der Waals surface area contributed by atoms with Gasteiger partial charge in [0.2, 0.25) is 5.96 Å². The lowest BCUT2D eigenvalue weighted by Gasteiger charge is -2.12. The highest BCUT2D eigenvalue weighted by molar-refractivity contribution is 6.41. The Labute approximate surface area is 91.1 Å². The summed E-state index contributed by atoms with van der Waals surface area (Å²) in [6.45, 7) is 7.51. The van der Waals surface area contributed by atoms with Gasteiger partial charge in [-0.3, -0.25) is 4.79 Å². The van der Waals surface area contributed by atoms with E-state index in [0.717, 1.165) is 13.1 Å². The van der Waals surface area contributed by atoms with Crippen molar-refractivity contribution in [3.8, 4) is 0 Å². The SMILES string of the molecule is CCC(=O)C(=NC1=NCCN1C)C(C)C. The van der Waals surface area contributed by atoms with Crippen LogP contribution < -0.4 is 0 Å². The van der Waals surface area contributed by atoms with Crippen LogP contribution in [-0.4, -0.2) is 42.5 Å². The maximum absolute atomic E-state index is 11.6. The maximum Gasteiger partial charge on any atom is 0.220 e. The van der Waals surface area contributed by atoms with Crippen LogP contribution in [0.4, 0.5) is 0 Å². The summed E-state index contributed by atoms with van der Waals surface area (Å²) in [5.41, 5.74) is 0.644. The first kappa shape index (κ1) is 11.9. The first-order valence-electron chi connectivity index (χ1n) is 5.43. The highest BCUT2D eigenvalue weighted by Crippen LogP contribution is 2.06. The van der Waals surface area contributed by atoms with E-state index in [2.05, 4.69) is 9.98 Å². The fourth-order valence-corrected chi connectivity index (χ4v) is 1.44. The first-order valence-corrected chi connectivity index (χ1v) is 5.43. The Morgan fingerprint density at radius 3 is 2.67 bits per heavy atom. The predicted octanol–water partition coefficient (Wildman–Crippen LogP) is 1.36. The largest absolute Gasteiger partial charge is 0.342 e. The van der Waals surface area contributed by atoms with Gasteiger partial charge in [0.1, 0.15) is 0 Å². The van der Waals surface area contributed by atoms with Gasteiger partial charge in [0.05, 0.1) is 12.3 Å². The standard InChI is InChI=1S/C11H19N3O/c1-5-9(15)10(8(2)3)13-11-12-6-7-14(11)4/h8H,5-7H2,1-4H3. The molecule has 0 saturated carbocycles. The lowest BCUT2D eigenvalue weighted by Crippen LogP contribution is -2.26. The maximum atomic E-state index is 11.6. The number of carbonyl (C=O) groups excluding carboxylic acids is 1. The molecule has 1 aliphatic heterocycles. The van der Waals surface area contributed by atoms with Gasteiger partial charge in [0.15, 0.2) is 5.78 Å². The second kappa shape index (κ2) is 5.05. The van der Waals surface area contributed by atoms with E-state index >= 15 is 0 Å². The van der Waals surface area contributed by atoms with Crippen molar-refractivity contribution in [1.29, 1.82) is 0 Å². The summed E-state index contributed by atoms with van der Waals surface area (Å²) in [5.74, 6) is 0.975. The molecule has 0 bridgehead atoms. The van der Waals surface area contributed by atoms with E-state index in [1.165, 1.54) is 0 Å². The van der Waals surface area contributed by atoms with Gasteiger partial charge in [-0.1, -0.05) is 20.8 Å². The highest BCUT2D eigenvalue weighted by atomic mass is 16.1. The Kier molecular flexibility index (Phi) is 4.00. The first-order chi connectivity index (χ1) is 7.06. The van der Waals surface area contributed by atoms with Gasteiger partial charge in [-0.2, -0.15) is 0 Å². The molecule has 0 aliphatic carbocycles. The molecule has 0 spiro atoms. The lowest BCUT2D eigenvalue weighted by atomic mass is 10.0. The summed E-state index contributed by atoms with van der Waals surface area (Å²) < 4.78 is 0. The van der Waals surface area contributed by atoms with E-state index in [0.29, 0.717) is 18.1 Å². The van der Waals surface area contributed by atoms with E-state index in [4.69, 9.17) is 0 Å². The molecule has 1 aliphatic rings. The summed E-state index contributed by atoms with van der Waals surface area (Å²) in [6.07, 6.45) is 0.508. The molecule has 0 atom stereocenters. The van der Waals surface area contributed by atoms with E-state index in [1.54, 1.807) is 0 Å². The van der Waals surface area contributed by atoms with Gasteiger partial charge < -0.3 is 4.90 Å². The van der Waals surface area contributed by atoms with Crippen LogP contribution in [0.5, 0.6) is 0 Å². The number of hydrogen-bond donors (Lipinski definition) is 0. The van der Waals surface area contributed by atoms with Crippen molar-refractivity contribution < 1.29 is 4.79 Å². The molecule has 0 N–H and O–H groups in total. The number of guanidine groups is 1. The van der Waals surface area contributed by atoms with Crippen molar-refractivity contribution in [3.63, 3.8) is 0 Å².